The Hall–Kier alpha value is -5.26. The molecule has 7 rings (SSSR count). The van der Waals surface area contributed by atoms with E-state index in [-0.39, 0.29) is 35.6 Å². The minimum absolute atomic E-state index is 0.00473. The third-order valence-electron chi connectivity index (χ3n) is 10.2. The Morgan fingerprint density at radius 3 is 2.36 bits per heavy atom. The average molecular weight is 678 g/mol. The summed E-state index contributed by atoms with van der Waals surface area (Å²) in [5.74, 6) is 0.707. The molecule has 12 heteroatoms. The number of amides is 4. The molecule has 4 heterocycles. The fourth-order valence-corrected chi connectivity index (χ4v) is 7.33. The molecular weight excluding hydrogens is 634 g/mol. The maximum absolute atomic E-state index is 13.3. The van der Waals surface area contributed by atoms with Crippen molar-refractivity contribution in [2.45, 2.75) is 63.3 Å². The van der Waals surface area contributed by atoms with Crippen molar-refractivity contribution < 1.29 is 23.9 Å². The largest absolute Gasteiger partial charge is 0.493 e. The summed E-state index contributed by atoms with van der Waals surface area (Å²) in [6, 6.07) is 17.0. The molecule has 12 nitrogen and oxygen atoms in total. The molecule has 3 aliphatic rings. The number of anilines is 2. The fourth-order valence-electron chi connectivity index (χ4n) is 7.33. The van der Waals surface area contributed by atoms with Crippen LogP contribution in [0.5, 0.6) is 5.75 Å². The summed E-state index contributed by atoms with van der Waals surface area (Å²) in [5, 5.41) is 6.52. The summed E-state index contributed by atoms with van der Waals surface area (Å²) >= 11 is 0. The first-order valence-corrected chi connectivity index (χ1v) is 17.6. The van der Waals surface area contributed by atoms with Gasteiger partial charge in [-0.05, 0) is 86.1 Å². The van der Waals surface area contributed by atoms with E-state index in [2.05, 4.69) is 20.2 Å². The van der Waals surface area contributed by atoms with Gasteiger partial charge in [-0.15, -0.1) is 0 Å². The van der Waals surface area contributed by atoms with Crippen molar-refractivity contribution in [1.29, 1.82) is 0 Å². The smallest absolute Gasteiger partial charge is 0.270 e. The van der Waals surface area contributed by atoms with Gasteiger partial charge in [0, 0.05) is 62.5 Å². The second-order valence-electron chi connectivity index (χ2n) is 13.8. The highest BCUT2D eigenvalue weighted by Crippen LogP contribution is 2.35. The number of fused-ring (bicyclic) bond motifs is 1. The second kappa shape index (κ2) is 14.3. The van der Waals surface area contributed by atoms with Crippen LogP contribution in [0.2, 0.25) is 0 Å². The first-order chi connectivity index (χ1) is 24.2. The minimum atomic E-state index is -0.310. The first kappa shape index (κ1) is 33.2. The van der Waals surface area contributed by atoms with Crippen molar-refractivity contribution in [3.05, 3.63) is 77.6 Å². The number of benzene rings is 2. The number of piperidine rings is 2. The van der Waals surface area contributed by atoms with E-state index >= 15 is 0 Å². The monoisotopic (exact) mass is 677 g/mol. The molecule has 4 aromatic rings. The van der Waals surface area contributed by atoms with Crippen LogP contribution < -0.4 is 15.4 Å². The highest BCUT2D eigenvalue weighted by Gasteiger charge is 2.29. The van der Waals surface area contributed by atoms with Crippen LogP contribution in [0.4, 0.5) is 11.6 Å². The van der Waals surface area contributed by atoms with Gasteiger partial charge in [0.1, 0.15) is 17.1 Å². The molecule has 50 heavy (non-hydrogen) atoms. The Kier molecular flexibility index (Phi) is 9.51. The minimum Gasteiger partial charge on any atom is -0.493 e. The topological polar surface area (TPSA) is 139 Å². The van der Waals surface area contributed by atoms with Crippen LogP contribution in [0.25, 0.3) is 11.0 Å². The molecule has 1 aliphatic carbocycles. The van der Waals surface area contributed by atoms with Gasteiger partial charge < -0.3 is 24.4 Å². The van der Waals surface area contributed by atoms with Gasteiger partial charge >= 0.3 is 0 Å². The number of carbonyl (C=O) groups is 4. The number of aromatic nitrogens is 3. The van der Waals surface area contributed by atoms with Crippen molar-refractivity contribution in [2.24, 2.45) is 5.92 Å². The molecular formula is C38H43N7O5. The molecule has 0 bridgehead atoms. The lowest BCUT2D eigenvalue weighted by Gasteiger charge is -2.32. The van der Waals surface area contributed by atoms with Crippen molar-refractivity contribution in [1.82, 2.24) is 29.7 Å². The van der Waals surface area contributed by atoms with Crippen molar-refractivity contribution >= 4 is 46.3 Å². The summed E-state index contributed by atoms with van der Waals surface area (Å²) in [7, 11) is 3.53. The summed E-state index contributed by atoms with van der Waals surface area (Å²) < 4.78 is 8.15. The van der Waals surface area contributed by atoms with Crippen molar-refractivity contribution in [3.8, 4) is 5.75 Å². The van der Waals surface area contributed by atoms with Crippen molar-refractivity contribution in [3.63, 3.8) is 0 Å². The number of rotatable bonds is 9. The Morgan fingerprint density at radius 2 is 1.68 bits per heavy atom. The van der Waals surface area contributed by atoms with Crippen LogP contribution in [0, 0.1) is 5.92 Å². The third kappa shape index (κ3) is 7.05. The normalized spacial score (nSPS) is 18.7. The summed E-state index contributed by atoms with van der Waals surface area (Å²) in [6.07, 6.45) is 8.66. The first-order valence-electron chi connectivity index (χ1n) is 17.6. The van der Waals surface area contributed by atoms with E-state index in [1.54, 1.807) is 25.2 Å². The van der Waals surface area contributed by atoms with Gasteiger partial charge in [-0.25, -0.2) is 4.98 Å². The van der Waals surface area contributed by atoms with E-state index in [9.17, 15) is 19.2 Å². The van der Waals surface area contributed by atoms with Crippen LogP contribution >= 0.6 is 0 Å². The molecule has 2 N–H and O–H groups in total. The van der Waals surface area contributed by atoms with E-state index in [0.29, 0.717) is 55.7 Å². The van der Waals surface area contributed by atoms with Crippen LogP contribution in [-0.2, 0) is 9.59 Å². The van der Waals surface area contributed by atoms with Crippen molar-refractivity contribution in [2.75, 3.05) is 39.1 Å². The molecule has 2 aromatic heterocycles. The molecule has 4 amide bonds. The fraction of sp³-hybridized carbons (Fsp3) is 0.421. The van der Waals surface area contributed by atoms with E-state index in [1.807, 2.05) is 59.5 Å². The van der Waals surface area contributed by atoms with Gasteiger partial charge in [0.15, 0.2) is 0 Å². The number of carbonyl (C=O) groups excluding carboxylic acids is 4. The number of nitrogens with one attached hydrogen (secondary N) is 2. The third-order valence-corrected chi connectivity index (χ3v) is 10.2. The quantitative estimate of drug-likeness (QED) is 0.223. The lowest BCUT2D eigenvalue weighted by atomic mass is 9.90. The number of likely N-dealkylation sites (tertiary alicyclic amines) is 1. The molecule has 260 valence electrons. The zero-order valence-electron chi connectivity index (χ0n) is 28.6. The van der Waals surface area contributed by atoms with Gasteiger partial charge in [0.05, 0.1) is 12.5 Å². The number of hydrogen-bond acceptors (Lipinski definition) is 8. The molecule has 1 saturated carbocycles. The predicted octanol–water partition coefficient (Wildman–Crippen LogP) is 5.44. The van der Waals surface area contributed by atoms with Crippen LogP contribution in [0.1, 0.15) is 89.7 Å². The Bertz CT molecular complexity index is 1890. The Morgan fingerprint density at radius 1 is 0.960 bits per heavy atom. The molecule has 0 radical (unpaired) electrons. The predicted molar refractivity (Wildman–Crippen MR) is 188 cm³/mol. The zero-order chi connectivity index (χ0) is 34.8. The summed E-state index contributed by atoms with van der Waals surface area (Å²) in [5.41, 5.74) is 3.67. The van der Waals surface area contributed by atoms with E-state index in [1.165, 1.54) is 0 Å². The number of nitrogens with zero attached hydrogens (tertiary/aromatic N) is 5. The van der Waals surface area contributed by atoms with E-state index in [4.69, 9.17) is 9.72 Å². The molecule has 3 fully saturated rings. The molecule has 0 spiro atoms. The van der Waals surface area contributed by atoms with Gasteiger partial charge in [-0.2, -0.15) is 4.98 Å². The van der Waals surface area contributed by atoms with Gasteiger partial charge in [0.2, 0.25) is 17.8 Å². The lowest BCUT2D eigenvalue weighted by Crippen LogP contribution is -2.39. The molecule has 1 unspecified atom stereocenters. The van der Waals surface area contributed by atoms with E-state index < -0.39 is 0 Å². The zero-order valence-corrected chi connectivity index (χ0v) is 28.6. The molecule has 1 atom stereocenters. The summed E-state index contributed by atoms with van der Waals surface area (Å²) in [6.45, 7) is 1.88. The van der Waals surface area contributed by atoms with Gasteiger partial charge in [-0.1, -0.05) is 25.0 Å². The summed E-state index contributed by atoms with van der Waals surface area (Å²) in [4.78, 5) is 62.8. The molecule has 2 aromatic carbocycles. The van der Waals surface area contributed by atoms with E-state index in [0.717, 1.165) is 66.6 Å². The van der Waals surface area contributed by atoms with Crippen LogP contribution in [0.3, 0.4) is 0 Å². The Labute approximate surface area is 291 Å². The standard InChI is InChI=1S/C38H43N7O5/c1-43(2)37(49)32-21-27-22-39-38(42-34(27)45(32)29-5-3-4-6-29)40-28-11-7-26(8-12-28)36(48)44-19-17-24(18-20-44)23-50-30-13-9-25(10-14-30)31-15-16-33(46)41-35(31)47/h7-14,21-22,24,29,31H,3-6,15-20,23H2,1-2H3,(H,39,40,42)(H,41,46,47). The van der Waals surface area contributed by atoms with Crippen LogP contribution in [0.15, 0.2) is 60.8 Å². The maximum Gasteiger partial charge on any atom is 0.270 e. The molecule has 2 saturated heterocycles. The maximum atomic E-state index is 13.3. The van der Waals surface area contributed by atoms with Gasteiger partial charge in [0.25, 0.3) is 11.8 Å². The number of ether oxygens (including phenoxy) is 1. The number of hydrogen-bond donors (Lipinski definition) is 2. The highest BCUT2D eigenvalue weighted by molar-refractivity contribution is 6.01. The lowest BCUT2D eigenvalue weighted by molar-refractivity contribution is -0.134. The molecule has 2 aliphatic heterocycles. The number of imide groups is 1. The second-order valence-corrected chi connectivity index (χ2v) is 13.8. The average Bonchev–Trinajstić information content (AvgIpc) is 3.79. The van der Waals surface area contributed by atoms with Gasteiger partial charge in [-0.3, -0.25) is 24.5 Å². The highest BCUT2D eigenvalue weighted by atomic mass is 16.5. The SMILES string of the molecule is CN(C)C(=O)c1cc2cnc(Nc3ccc(C(=O)N4CCC(COc5ccc(C6CCC(=O)NC6=O)cc5)CC4)cc3)nc2n1C1CCCC1. The Balaban J connectivity index is 0.922. The van der Waals surface area contributed by atoms with Crippen LogP contribution in [-0.4, -0.2) is 81.8 Å².